The van der Waals surface area contributed by atoms with E-state index >= 15 is 0 Å². The highest BCUT2D eigenvalue weighted by Gasteiger charge is 2.26. The van der Waals surface area contributed by atoms with Crippen molar-refractivity contribution >= 4 is 22.6 Å². The molecule has 15 heavy (non-hydrogen) atoms. The molecule has 0 atom stereocenters. The number of hydrogen-bond acceptors (Lipinski definition) is 2. The van der Waals surface area contributed by atoms with Gasteiger partial charge in [-0.15, -0.1) is 0 Å². The van der Waals surface area contributed by atoms with E-state index < -0.39 is 12.6 Å². The third-order valence-electron chi connectivity index (χ3n) is 1.62. The number of aromatic nitrogens is 2. The van der Waals surface area contributed by atoms with E-state index in [1.54, 1.807) is 17.9 Å². The maximum Gasteiger partial charge on any atom is 0.391 e. The van der Waals surface area contributed by atoms with Gasteiger partial charge in [-0.3, -0.25) is 4.68 Å². The van der Waals surface area contributed by atoms with Crippen LogP contribution in [-0.2, 0) is 18.4 Å². The Labute approximate surface area is 98.7 Å². The normalized spacial score (nSPS) is 12.1. The SMILES string of the molecule is Cn1cc(I)c(COCCC(F)(F)F)n1. The fraction of sp³-hybridized carbons (Fsp3) is 0.625. The second kappa shape index (κ2) is 5.15. The van der Waals surface area contributed by atoms with Gasteiger partial charge in [0.25, 0.3) is 0 Å². The van der Waals surface area contributed by atoms with Gasteiger partial charge < -0.3 is 4.74 Å². The zero-order valence-electron chi connectivity index (χ0n) is 8.01. The lowest BCUT2D eigenvalue weighted by Crippen LogP contribution is -2.11. The molecule has 0 aliphatic carbocycles. The summed E-state index contributed by atoms with van der Waals surface area (Å²) in [5.74, 6) is 0. The number of ether oxygens (including phenoxy) is 1. The number of rotatable bonds is 4. The Morgan fingerprint density at radius 1 is 1.53 bits per heavy atom. The standard InChI is InChI=1S/C8H10F3IN2O/c1-14-4-6(12)7(13-14)5-15-3-2-8(9,10)11/h4H,2-3,5H2,1H3. The van der Waals surface area contributed by atoms with Crippen LogP contribution in [0.15, 0.2) is 6.20 Å². The number of aryl methyl sites for hydroxylation is 1. The van der Waals surface area contributed by atoms with Gasteiger partial charge >= 0.3 is 6.18 Å². The molecule has 0 N–H and O–H groups in total. The summed E-state index contributed by atoms with van der Waals surface area (Å²) in [4.78, 5) is 0. The third-order valence-corrected chi connectivity index (χ3v) is 2.52. The summed E-state index contributed by atoms with van der Waals surface area (Å²) in [7, 11) is 1.75. The van der Waals surface area contributed by atoms with E-state index in [-0.39, 0.29) is 13.2 Å². The van der Waals surface area contributed by atoms with Crippen LogP contribution in [0, 0.1) is 3.57 Å². The number of alkyl halides is 3. The Morgan fingerprint density at radius 3 is 2.67 bits per heavy atom. The molecule has 0 unspecified atom stereocenters. The van der Waals surface area contributed by atoms with E-state index in [1.807, 2.05) is 0 Å². The highest BCUT2D eigenvalue weighted by Crippen LogP contribution is 2.19. The average molecular weight is 334 g/mol. The monoisotopic (exact) mass is 334 g/mol. The van der Waals surface area contributed by atoms with E-state index in [9.17, 15) is 13.2 Å². The lowest BCUT2D eigenvalue weighted by molar-refractivity contribution is -0.146. The zero-order chi connectivity index (χ0) is 11.5. The summed E-state index contributed by atoms with van der Waals surface area (Å²) < 4.78 is 42.7. The quantitative estimate of drug-likeness (QED) is 0.625. The molecule has 1 heterocycles. The fourth-order valence-electron chi connectivity index (χ4n) is 0.960. The molecule has 0 aliphatic heterocycles. The molecule has 0 radical (unpaired) electrons. The summed E-state index contributed by atoms with van der Waals surface area (Å²) in [6.45, 7) is -0.203. The number of hydrogen-bond donors (Lipinski definition) is 0. The zero-order valence-corrected chi connectivity index (χ0v) is 10.2. The van der Waals surface area contributed by atoms with E-state index in [1.165, 1.54) is 0 Å². The van der Waals surface area contributed by atoms with E-state index in [0.717, 1.165) is 3.57 Å². The smallest absolute Gasteiger partial charge is 0.375 e. The molecule has 7 heteroatoms. The van der Waals surface area contributed by atoms with Gasteiger partial charge in [-0.1, -0.05) is 0 Å². The van der Waals surface area contributed by atoms with Crippen LogP contribution >= 0.6 is 22.6 Å². The van der Waals surface area contributed by atoms with E-state index in [2.05, 4.69) is 27.7 Å². The molecular formula is C8H10F3IN2O. The summed E-state index contributed by atoms with van der Waals surface area (Å²) >= 11 is 2.06. The minimum Gasteiger partial charge on any atom is -0.375 e. The molecule has 0 saturated heterocycles. The third kappa shape index (κ3) is 4.83. The van der Waals surface area contributed by atoms with Gasteiger partial charge in [0, 0.05) is 13.2 Å². The molecule has 0 saturated carbocycles. The fourth-order valence-corrected chi connectivity index (χ4v) is 1.63. The molecule has 1 aromatic heterocycles. The van der Waals surface area contributed by atoms with Crippen LogP contribution in [0.3, 0.4) is 0 Å². The predicted octanol–water partition coefficient (Wildman–Crippen LogP) is 2.49. The van der Waals surface area contributed by atoms with Crippen LogP contribution in [-0.4, -0.2) is 22.6 Å². The second-order valence-electron chi connectivity index (χ2n) is 3.02. The van der Waals surface area contributed by atoms with E-state index in [4.69, 9.17) is 4.74 Å². The van der Waals surface area contributed by atoms with Crippen molar-refractivity contribution in [3.8, 4) is 0 Å². The lowest BCUT2D eigenvalue weighted by Gasteiger charge is -2.06. The second-order valence-corrected chi connectivity index (χ2v) is 4.18. The molecular weight excluding hydrogens is 324 g/mol. The van der Waals surface area contributed by atoms with Crippen molar-refractivity contribution in [3.05, 3.63) is 15.5 Å². The molecule has 0 aliphatic rings. The highest BCUT2D eigenvalue weighted by atomic mass is 127. The molecule has 0 amide bonds. The van der Waals surface area contributed by atoms with Crippen LogP contribution < -0.4 is 0 Å². The minimum atomic E-state index is -4.16. The Morgan fingerprint density at radius 2 is 2.20 bits per heavy atom. The van der Waals surface area contributed by atoms with Gasteiger partial charge in [0.2, 0.25) is 0 Å². The highest BCUT2D eigenvalue weighted by molar-refractivity contribution is 14.1. The van der Waals surface area contributed by atoms with Crippen molar-refractivity contribution in [1.29, 1.82) is 0 Å². The molecule has 86 valence electrons. The average Bonchev–Trinajstić information content (AvgIpc) is 2.37. The Kier molecular flexibility index (Phi) is 4.38. The first kappa shape index (κ1) is 12.8. The van der Waals surface area contributed by atoms with Crippen LogP contribution in [0.25, 0.3) is 0 Å². The van der Waals surface area contributed by atoms with Crippen LogP contribution in [0.4, 0.5) is 13.2 Å². The van der Waals surface area contributed by atoms with Gasteiger partial charge in [-0.25, -0.2) is 0 Å². The molecule has 0 bridgehead atoms. The first-order valence-corrected chi connectivity index (χ1v) is 5.29. The summed E-state index contributed by atoms with van der Waals surface area (Å²) in [5, 5.41) is 4.05. The van der Waals surface area contributed by atoms with Crippen molar-refractivity contribution < 1.29 is 17.9 Å². The van der Waals surface area contributed by atoms with Crippen molar-refractivity contribution in [2.75, 3.05) is 6.61 Å². The first-order valence-electron chi connectivity index (χ1n) is 4.21. The predicted molar refractivity (Wildman–Crippen MR) is 56.3 cm³/mol. The summed E-state index contributed by atoms with van der Waals surface area (Å²) in [6, 6.07) is 0. The van der Waals surface area contributed by atoms with Crippen molar-refractivity contribution in [3.63, 3.8) is 0 Å². The van der Waals surface area contributed by atoms with Crippen molar-refractivity contribution in [2.45, 2.75) is 19.2 Å². The summed E-state index contributed by atoms with van der Waals surface area (Å²) in [6.07, 6.45) is -3.29. The van der Waals surface area contributed by atoms with Crippen molar-refractivity contribution in [1.82, 2.24) is 9.78 Å². The van der Waals surface area contributed by atoms with E-state index in [0.29, 0.717) is 5.69 Å². The Hall–Kier alpha value is -0.310. The van der Waals surface area contributed by atoms with Gasteiger partial charge in [-0.05, 0) is 22.6 Å². The molecule has 0 aromatic carbocycles. The number of halogens is 4. The first-order chi connectivity index (χ1) is 6.88. The Balaban J connectivity index is 2.29. The topological polar surface area (TPSA) is 27.1 Å². The van der Waals surface area contributed by atoms with Crippen LogP contribution in [0.2, 0.25) is 0 Å². The van der Waals surface area contributed by atoms with Gasteiger partial charge in [0.15, 0.2) is 0 Å². The maximum atomic E-state index is 11.8. The largest absolute Gasteiger partial charge is 0.391 e. The maximum absolute atomic E-state index is 11.8. The molecule has 0 fully saturated rings. The summed E-state index contributed by atoms with van der Waals surface area (Å²) in [5.41, 5.74) is 0.667. The Bertz CT molecular complexity index is 324. The molecule has 1 rings (SSSR count). The molecule has 0 spiro atoms. The van der Waals surface area contributed by atoms with Gasteiger partial charge in [-0.2, -0.15) is 18.3 Å². The molecule has 1 aromatic rings. The van der Waals surface area contributed by atoms with Crippen LogP contribution in [0.1, 0.15) is 12.1 Å². The van der Waals surface area contributed by atoms with Crippen molar-refractivity contribution in [2.24, 2.45) is 7.05 Å². The molecule has 3 nitrogen and oxygen atoms in total. The van der Waals surface area contributed by atoms with Crippen LogP contribution in [0.5, 0.6) is 0 Å². The van der Waals surface area contributed by atoms with Gasteiger partial charge in [0.05, 0.1) is 23.2 Å². The minimum absolute atomic E-state index is 0.120. The lowest BCUT2D eigenvalue weighted by atomic mass is 10.4. The number of nitrogens with zero attached hydrogens (tertiary/aromatic N) is 2. The van der Waals surface area contributed by atoms with Gasteiger partial charge in [0.1, 0.15) is 5.69 Å².